The predicted molar refractivity (Wildman–Crippen MR) is 134 cm³/mol. The number of aromatic nitrogens is 1. The largest absolute Gasteiger partial charge is 0.497 e. The van der Waals surface area contributed by atoms with Gasteiger partial charge < -0.3 is 10.1 Å². The minimum Gasteiger partial charge on any atom is -0.497 e. The van der Waals surface area contributed by atoms with Crippen molar-refractivity contribution in [2.45, 2.75) is 22.6 Å². The van der Waals surface area contributed by atoms with Crippen LogP contribution in [0.3, 0.4) is 0 Å². The first-order valence-electron chi connectivity index (χ1n) is 10.8. The summed E-state index contributed by atoms with van der Waals surface area (Å²) >= 11 is 1.19. The molecule has 2 aromatic carbocycles. The Morgan fingerprint density at radius 1 is 1.06 bits per heavy atom. The van der Waals surface area contributed by atoms with E-state index in [0.717, 1.165) is 4.31 Å². The van der Waals surface area contributed by atoms with E-state index in [0.29, 0.717) is 33.9 Å². The summed E-state index contributed by atoms with van der Waals surface area (Å²) in [6.45, 7) is 0.468. The number of methoxy groups -OCH3 is 1. The first kappa shape index (κ1) is 25.5. The number of amides is 1. The third-order valence-electron chi connectivity index (χ3n) is 5.89. The second-order valence-corrected chi connectivity index (χ2v) is 13.4. The van der Waals surface area contributed by atoms with Crippen molar-refractivity contribution in [3.63, 3.8) is 0 Å². The van der Waals surface area contributed by atoms with E-state index in [2.05, 4.69) is 10.3 Å². The van der Waals surface area contributed by atoms with Gasteiger partial charge in [0, 0.05) is 33.1 Å². The zero-order valence-electron chi connectivity index (χ0n) is 19.5. The van der Waals surface area contributed by atoms with Crippen LogP contribution in [0.1, 0.15) is 12.8 Å². The molecule has 0 bridgehead atoms. The van der Waals surface area contributed by atoms with Crippen LogP contribution in [-0.4, -0.2) is 70.6 Å². The van der Waals surface area contributed by atoms with Gasteiger partial charge in [-0.3, -0.25) is 4.79 Å². The smallest absolute Gasteiger partial charge is 0.243 e. The SMILES string of the molecule is COc1ccc(S(=O)(=O)N2CCC(C(=O)Nc3nc4ccc(S(=O)(=O)N(C)C)cc4s3)CC2)cc1. The number of anilines is 1. The van der Waals surface area contributed by atoms with Crippen LogP contribution in [0.15, 0.2) is 52.3 Å². The summed E-state index contributed by atoms with van der Waals surface area (Å²) in [6, 6.07) is 10.9. The minimum atomic E-state index is -3.65. The highest BCUT2D eigenvalue weighted by molar-refractivity contribution is 7.89. The fourth-order valence-corrected chi connectivity index (χ4v) is 7.17. The summed E-state index contributed by atoms with van der Waals surface area (Å²) in [5.41, 5.74) is 0.586. The van der Waals surface area contributed by atoms with Crippen LogP contribution in [0.5, 0.6) is 5.75 Å². The third-order valence-corrected chi connectivity index (χ3v) is 10.5. The number of sulfonamides is 2. The van der Waals surface area contributed by atoms with Crippen LogP contribution in [0.2, 0.25) is 0 Å². The number of hydrogen-bond donors (Lipinski definition) is 1. The van der Waals surface area contributed by atoms with E-state index in [1.165, 1.54) is 55.0 Å². The molecule has 35 heavy (non-hydrogen) atoms. The molecule has 1 amide bonds. The first-order chi connectivity index (χ1) is 16.5. The summed E-state index contributed by atoms with van der Waals surface area (Å²) in [4.78, 5) is 17.6. The number of nitrogens with one attached hydrogen (secondary N) is 1. The molecule has 2 heterocycles. The number of thiazole rings is 1. The summed E-state index contributed by atoms with van der Waals surface area (Å²) in [5.74, 6) is -0.00887. The Kier molecular flexibility index (Phi) is 7.16. The Labute approximate surface area is 208 Å². The Morgan fingerprint density at radius 3 is 2.29 bits per heavy atom. The lowest BCUT2D eigenvalue weighted by atomic mass is 9.97. The van der Waals surface area contributed by atoms with Gasteiger partial charge in [-0.05, 0) is 55.3 Å². The molecule has 3 aromatic rings. The fourth-order valence-electron chi connectivity index (χ4n) is 3.79. The molecular weight excluding hydrogens is 512 g/mol. The van der Waals surface area contributed by atoms with Gasteiger partial charge in [-0.25, -0.2) is 26.1 Å². The van der Waals surface area contributed by atoms with Crippen molar-refractivity contribution in [3.8, 4) is 5.75 Å². The molecule has 1 aliphatic rings. The molecule has 1 aromatic heterocycles. The number of benzene rings is 2. The molecule has 0 unspecified atom stereocenters. The summed E-state index contributed by atoms with van der Waals surface area (Å²) in [7, 11) is -2.79. The zero-order chi connectivity index (χ0) is 25.4. The Bertz CT molecular complexity index is 1440. The van der Waals surface area contributed by atoms with Crippen LogP contribution in [0.25, 0.3) is 10.2 Å². The summed E-state index contributed by atoms with van der Waals surface area (Å²) in [5, 5.41) is 3.18. The maximum Gasteiger partial charge on any atom is 0.243 e. The molecule has 10 nitrogen and oxygen atoms in total. The molecule has 188 valence electrons. The molecule has 0 spiro atoms. The lowest BCUT2D eigenvalue weighted by molar-refractivity contribution is -0.120. The van der Waals surface area contributed by atoms with Gasteiger partial charge in [-0.15, -0.1) is 0 Å². The molecule has 1 fully saturated rings. The third kappa shape index (κ3) is 5.19. The maximum atomic E-state index is 12.9. The lowest BCUT2D eigenvalue weighted by Crippen LogP contribution is -2.41. The van der Waals surface area contributed by atoms with Crippen LogP contribution in [-0.2, 0) is 24.8 Å². The Balaban J connectivity index is 1.40. The minimum absolute atomic E-state index is 0.155. The summed E-state index contributed by atoms with van der Waals surface area (Å²) in [6.07, 6.45) is 0.772. The number of piperidine rings is 1. The quantitative estimate of drug-likeness (QED) is 0.490. The molecule has 13 heteroatoms. The number of carbonyl (C=O) groups excluding carboxylic acids is 1. The van der Waals surface area contributed by atoms with Gasteiger partial charge in [0.1, 0.15) is 5.75 Å². The average molecular weight is 539 g/mol. The van der Waals surface area contributed by atoms with E-state index >= 15 is 0 Å². The second kappa shape index (κ2) is 9.82. The van der Waals surface area contributed by atoms with E-state index in [1.807, 2.05) is 0 Å². The predicted octanol–water partition coefficient (Wildman–Crippen LogP) is 2.59. The molecule has 0 aliphatic carbocycles. The monoisotopic (exact) mass is 538 g/mol. The van der Waals surface area contributed by atoms with E-state index in [4.69, 9.17) is 4.74 Å². The van der Waals surface area contributed by atoms with Gasteiger partial charge >= 0.3 is 0 Å². The molecule has 1 N–H and O–H groups in total. The van der Waals surface area contributed by atoms with Crippen molar-refractivity contribution in [2.75, 3.05) is 39.6 Å². The van der Waals surface area contributed by atoms with E-state index in [-0.39, 0.29) is 34.7 Å². The van der Waals surface area contributed by atoms with Crippen LogP contribution in [0.4, 0.5) is 5.13 Å². The molecular formula is C22H26N4O6S3. The zero-order valence-corrected chi connectivity index (χ0v) is 21.9. The Hall–Kier alpha value is -2.58. The molecule has 0 radical (unpaired) electrons. The van der Waals surface area contributed by atoms with Crippen molar-refractivity contribution in [1.29, 1.82) is 0 Å². The first-order valence-corrected chi connectivity index (χ1v) is 14.5. The second-order valence-electron chi connectivity index (χ2n) is 8.28. The maximum absolute atomic E-state index is 12.9. The van der Waals surface area contributed by atoms with Gasteiger partial charge in [-0.2, -0.15) is 4.31 Å². The van der Waals surface area contributed by atoms with Gasteiger partial charge in [0.2, 0.25) is 26.0 Å². The lowest BCUT2D eigenvalue weighted by Gasteiger charge is -2.30. The molecule has 4 rings (SSSR count). The van der Waals surface area contributed by atoms with Crippen LogP contribution < -0.4 is 10.1 Å². The van der Waals surface area contributed by atoms with Crippen LogP contribution in [0, 0.1) is 5.92 Å². The molecule has 0 saturated carbocycles. The molecule has 0 atom stereocenters. The highest BCUT2D eigenvalue weighted by Crippen LogP contribution is 2.30. The number of ether oxygens (including phenoxy) is 1. The number of fused-ring (bicyclic) bond motifs is 1. The highest BCUT2D eigenvalue weighted by atomic mass is 32.2. The van der Waals surface area contributed by atoms with Gasteiger partial charge in [-0.1, -0.05) is 11.3 Å². The number of rotatable bonds is 7. The highest BCUT2D eigenvalue weighted by Gasteiger charge is 2.32. The standard InChI is InChI=1S/C22H26N4O6S3/c1-25(2)34(28,29)18-8-9-19-20(14-18)33-22(23-19)24-21(27)15-10-12-26(13-11-15)35(30,31)17-6-4-16(32-3)5-7-17/h4-9,14-15H,10-13H2,1-3H3,(H,23,24,27). The number of carbonyl (C=O) groups is 1. The van der Waals surface area contributed by atoms with E-state index in [1.54, 1.807) is 24.3 Å². The van der Waals surface area contributed by atoms with Gasteiger partial charge in [0.25, 0.3) is 0 Å². The van der Waals surface area contributed by atoms with Crippen molar-refractivity contribution in [2.24, 2.45) is 5.92 Å². The van der Waals surface area contributed by atoms with Gasteiger partial charge in [0.15, 0.2) is 5.13 Å². The Morgan fingerprint density at radius 2 is 1.69 bits per heavy atom. The average Bonchev–Trinajstić information content (AvgIpc) is 3.25. The topological polar surface area (TPSA) is 126 Å². The molecule has 1 saturated heterocycles. The van der Waals surface area contributed by atoms with Crippen molar-refractivity contribution >= 4 is 52.6 Å². The number of hydrogen-bond acceptors (Lipinski definition) is 8. The number of nitrogens with zero attached hydrogens (tertiary/aromatic N) is 3. The van der Waals surface area contributed by atoms with E-state index in [9.17, 15) is 21.6 Å². The van der Waals surface area contributed by atoms with Crippen LogP contribution >= 0.6 is 11.3 Å². The fraction of sp³-hybridized carbons (Fsp3) is 0.364. The van der Waals surface area contributed by atoms with Crippen molar-refractivity contribution < 1.29 is 26.4 Å². The molecule has 1 aliphatic heterocycles. The normalized spacial score (nSPS) is 16.0. The van der Waals surface area contributed by atoms with Crippen molar-refractivity contribution in [3.05, 3.63) is 42.5 Å². The summed E-state index contributed by atoms with van der Waals surface area (Å²) < 4.78 is 58.8. The van der Waals surface area contributed by atoms with E-state index < -0.39 is 20.0 Å². The van der Waals surface area contributed by atoms with Gasteiger partial charge in [0.05, 0.1) is 27.1 Å². The van der Waals surface area contributed by atoms with Crippen molar-refractivity contribution in [1.82, 2.24) is 13.6 Å².